The number of hydrogen-bond donors (Lipinski definition) is 0. The van der Waals surface area contributed by atoms with Crippen LogP contribution in [0.25, 0.3) is 0 Å². The number of benzene rings is 1. The molecule has 28 heavy (non-hydrogen) atoms. The normalized spacial score (nSPS) is 19.5. The van der Waals surface area contributed by atoms with Crippen LogP contribution >= 0.6 is 0 Å². The lowest BCUT2D eigenvalue weighted by Gasteiger charge is -2.43. The molecule has 1 aromatic rings. The fourth-order valence-corrected chi connectivity index (χ4v) is 3.43. The van der Waals surface area contributed by atoms with Crippen LogP contribution in [-0.4, -0.2) is 61.9 Å². The fraction of sp³-hybridized carbons (Fsp3) is 0.650. The third-order valence-electron chi connectivity index (χ3n) is 5.01. The first kappa shape index (κ1) is 22.5. The fourth-order valence-electron chi connectivity index (χ4n) is 3.43. The smallest absolute Gasteiger partial charge is 0.416 e. The number of unbranched alkanes of at least 4 members (excludes halogenated alkanes) is 1. The summed E-state index contributed by atoms with van der Waals surface area (Å²) in [6.07, 6.45) is -2.86. The molecule has 8 heteroatoms. The molecule has 0 bridgehead atoms. The Labute approximate surface area is 164 Å². The second kappa shape index (κ2) is 10.1. The minimum absolute atomic E-state index is 0.0231. The van der Waals surface area contributed by atoms with E-state index in [2.05, 4.69) is 4.90 Å². The van der Waals surface area contributed by atoms with E-state index in [1.165, 1.54) is 12.1 Å². The number of hydrogen-bond acceptors (Lipinski definition) is 4. The van der Waals surface area contributed by atoms with Gasteiger partial charge >= 0.3 is 12.3 Å². The molecule has 0 N–H and O–H groups in total. The zero-order chi connectivity index (χ0) is 20.7. The van der Waals surface area contributed by atoms with Crippen LogP contribution in [0.3, 0.4) is 0 Å². The highest BCUT2D eigenvalue weighted by Gasteiger charge is 2.34. The number of rotatable bonds is 7. The average molecular weight is 402 g/mol. The lowest BCUT2D eigenvalue weighted by atomic mass is 10.0. The van der Waals surface area contributed by atoms with Crippen molar-refractivity contribution in [3.05, 3.63) is 35.4 Å². The SMILES string of the molecule is CCCCOC(=O)N1CCN([C@@H](COC)c2ccc(C(F)(F)F)cc2)C(C)C1. The maximum atomic E-state index is 12.8. The Morgan fingerprint density at radius 3 is 2.46 bits per heavy atom. The van der Waals surface area contributed by atoms with Gasteiger partial charge in [-0.1, -0.05) is 25.5 Å². The van der Waals surface area contributed by atoms with Gasteiger partial charge in [-0.05, 0) is 31.0 Å². The van der Waals surface area contributed by atoms with Gasteiger partial charge in [0.25, 0.3) is 0 Å². The van der Waals surface area contributed by atoms with Gasteiger partial charge in [0.2, 0.25) is 0 Å². The van der Waals surface area contributed by atoms with Crippen LogP contribution in [0.4, 0.5) is 18.0 Å². The molecule has 1 aliphatic heterocycles. The number of carbonyl (C=O) groups excluding carboxylic acids is 1. The van der Waals surface area contributed by atoms with E-state index in [1.54, 1.807) is 12.0 Å². The van der Waals surface area contributed by atoms with Crippen molar-refractivity contribution in [3.63, 3.8) is 0 Å². The predicted octanol–water partition coefficient (Wildman–Crippen LogP) is 4.34. The largest absolute Gasteiger partial charge is 0.449 e. The Hall–Kier alpha value is -1.80. The van der Waals surface area contributed by atoms with Gasteiger partial charge in [-0.2, -0.15) is 13.2 Å². The van der Waals surface area contributed by atoms with Gasteiger partial charge in [-0.25, -0.2) is 4.79 Å². The molecule has 5 nitrogen and oxygen atoms in total. The lowest BCUT2D eigenvalue weighted by molar-refractivity contribution is -0.137. The first-order valence-electron chi connectivity index (χ1n) is 9.61. The van der Waals surface area contributed by atoms with Gasteiger partial charge in [-0.3, -0.25) is 4.90 Å². The Bertz CT molecular complexity index is 622. The third kappa shape index (κ3) is 5.85. The summed E-state index contributed by atoms with van der Waals surface area (Å²) in [5.41, 5.74) is 0.0979. The maximum Gasteiger partial charge on any atom is 0.416 e. The Morgan fingerprint density at radius 1 is 1.25 bits per heavy atom. The van der Waals surface area contributed by atoms with Gasteiger partial charge in [0, 0.05) is 32.8 Å². The van der Waals surface area contributed by atoms with Crippen LogP contribution in [0.15, 0.2) is 24.3 Å². The molecule has 0 saturated carbocycles. The summed E-state index contributed by atoms with van der Waals surface area (Å²) in [5, 5.41) is 0. The molecule has 2 atom stereocenters. The van der Waals surface area contributed by atoms with Crippen molar-refractivity contribution >= 4 is 6.09 Å². The molecule has 0 aliphatic carbocycles. The van der Waals surface area contributed by atoms with E-state index >= 15 is 0 Å². The highest BCUT2D eigenvalue weighted by atomic mass is 19.4. The minimum Gasteiger partial charge on any atom is -0.449 e. The van der Waals surface area contributed by atoms with Crippen molar-refractivity contribution in [1.29, 1.82) is 0 Å². The summed E-state index contributed by atoms with van der Waals surface area (Å²) in [6, 6.07) is 5.05. The first-order valence-corrected chi connectivity index (χ1v) is 9.61. The molecule has 1 aliphatic rings. The molecule has 158 valence electrons. The summed E-state index contributed by atoms with van der Waals surface area (Å²) in [4.78, 5) is 16.0. The van der Waals surface area contributed by atoms with Crippen LogP contribution in [0.2, 0.25) is 0 Å². The second-order valence-corrected chi connectivity index (χ2v) is 7.09. The van der Waals surface area contributed by atoms with Crippen molar-refractivity contribution in [2.45, 2.75) is 44.9 Å². The topological polar surface area (TPSA) is 42.0 Å². The summed E-state index contributed by atoms with van der Waals surface area (Å²) in [6.45, 7) is 6.42. The van der Waals surface area contributed by atoms with E-state index in [1.807, 2.05) is 13.8 Å². The molecule has 1 amide bonds. The number of methoxy groups -OCH3 is 1. The van der Waals surface area contributed by atoms with E-state index in [4.69, 9.17) is 9.47 Å². The second-order valence-electron chi connectivity index (χ2n) is 7.09. The number of ether oxygens (including phenoxy) is 2. The zero-order valence-corrected chi connectivity index (χ0v) is 16.7. The van der Waals surface area contributed by atoms with Crippen molar-refractivity contribution in [2.75, 3.05) is 40.0 Å². The van der Waals surface area contributed by atoms with Gasteiger partial charge in [0.15, 0.2) is 0 Å². The standard InChI is InChI=1S/C20H29F3N2O3/c1-4-5-12-28-19(26)24-10-11-25(15(2)13-24)18(14-27-3)16-6-8-17(9-7-16)20(21,22)23/h6-9,15,18H,4-5,10-14H2,1-3H3/t15?,18-/m0/s1. The van der Waals surface area contributed by atoms with Gasteiger partial charge in [-0.15, -0.1) is 0 Å². The monoisotopic (exact) mass is 402 g/mol. The summed E-state index contributed by atoms with van der Waals surface area (Å²) >= 11 is 0. The first-order chi connectivity index (χ1) is 13.3. The highest BCUT2D eigenvalue weighted by molar-refractivity contribution is 5.67. The van der Waals surface area contributed by atoms with Crippen molar-refractivity contribution < 1.29 is 27.4 Å². The molecule has 1 aromatic carbocycles. The molecule has 1 heterocycles. The summed E-state index contributed by atoms with van der Waals surface area (Å²) in [5.74, 6) is 0. The number of halogens is 3. The van der Waals surface area contributed by atoms with E-state index in [0.29, 0.717) is 32.8 Å². The quantitative estimate of drug-likeness (QED) is 0.637. The van der Waals surface area contributed by atoms with Crippen LogP contribution < -0.4 is 0 Å². The molecule has 1 fully saturated rings. The number of nitrogens with zero attached hydrogens (tertiary/aromatic N) is 2. The van der Waals surface area contributed by atoms with Gasteiger partial charge in [0.1, 0.15) is 0 Å². The molecule has 0 spiro atoms. The van der Waals surface area contributed by atoms with Gasteiger partial charge in [0.05, 0.1) is 24.8 Å². The Balaban J connectivity index is 2.05. The average Bonchev–Trinajstić information content (AvgIpc) is 2.66. The highest BCUT2D eigenvalue weighted by Crippen LogP contribution is 2.32. The number of piperazine rings is 1. The molecule has 1 unspecified atom stereocenters. The molecule has 1 saturated heterocycles. The maximum absolute atomic E-state index is 12.8. The van der Waals surface area contributed by atoms with Crippen LogP contribution in [0.1, 0.15) is 43.9 Å². The van der Waals surface area contributed by atoms with E-state index in [0.717, 1.165) is 30.5 Å². The predicted molar refractivity (Wildman–Crippen MR) is 100 cm³/mol. The van der Waals surface area contributed by atoms with E-state index < -0.39 is 11.7 Å². The Morgan fingerprint density at radius 2 is 1.93 bits per heavy atom. The molecular formula is C20H29F3N2O3. The van der Waals surface area contributed by atoms with Crippen LogP contribution in [0, 0.1) is 0 Å². The van der Waals surface area contributed by atoms with Crippen molar-refractivity contribution in [2.24, 2.45) is 0 Å². The Kier molecular flexibility index (Phi) is 8.12. The van der Waals surface area contributed by atoms with Gasteiger partial charge < -0.3 is 14.4 Å². The minimum atomic E-state index is -4.35. The molecular weight excluding hydrogens is 373 g/mol. The van der Waals surface area contributed by atoms with Crippen LogP contribution in [-0.2, 0) is 15.7 Å². The number of carbonyl (C=O) groups is 1. The molecule has 0 radical (unpaired) electrons. The van der Waals surface area contributed by atoms with Crippen molar-refractivity contribution in [3.8, 4) is 0 Å². The summed E-state index contributed by atoms with van der Waals surface area (Å²) in [7, 11) is 1.57. The van der Waals surface area contributed by atoms with Crippen LogP contribution in [0.5, 0.6) is 0 Å². The van der Waals surface area contributed by atoms with E-state index in [9.17, 15) is 18.0 Å². The lowest BCUT2D eigenvalue weighted by Crippen LogP contribution is -2.55. The van der Waals surface area contributed by atoms with Crippen molar-refractivity contribution in [1.82, 2.24) is 9.80 Å². The zero-order valence-electron chi connectivity index (χ0n) is 16.7. The molecule has 0 aromatic heterocycles. The third-order valence-corrected chi connectivity index (χ3v) is 5.01. The number of amides is 1. The number of alkyl halides is 3. The molecule has 2 rings (SSSR count). The van der Waals surface area contributed by atoms with E-state index in [-0.39, 0.29) is 18.2 Å². The summed E-state index contributed by atoms with van der Waals surface area (Å²) < 4.78 is 49.1.